The summed E-state index contributed by atoms with van der Waals surface area (Å²) in [7, 11) is -1.94. The number of rotatable bonds is 5. The highest BCUT2D eigenvalue weighted by molar-refractivity contribution is 7.89. The Hall–Kier alpha value is -2.26. The van der Waals surface area contributed by atoms with Gasteiger partial charge in [0.05, 0.1) is 11.4 Å². The van der Waals surface area contributed by atoms with Gasteiger partial charge < -0.3 is 9.42 Å². The van der Waals surface area contributed by atoms with Crippen molar-refractivity contribution in [3.05, 3.63) is 42.0 Å². The smallest absolute Gasteiger partial charge is 0.249 e. The minimum Gasteiger partial charge on any atom is -0.337 e. The van der Waals surface area contributed by atoms with Crippen molar-refractivity contribution in [2.24, 2.45) is 0 Å². The maximum absolute atomic E-state index is 12.1. The van der Waals surface area contributed by atoms with Gasteiger partial charge in [-0.3, -0.25) is 4.79 Å². The summed E-state index contributed by atoms with van der Waals surface area (Å²) < 4.78 is 31.8. The zero-order chi connectivity index (χ0) is 16.4. The summed E-state index contributed by atoms with van der Waals surface area (Å²) in [6, 6.07) is 7.80. The van der Waals surface area contributed by atoms with E-state index in [1.165, 1.54) is 12.1 Å². The molecule has 1 aromatic heterocycles. The first-order valence-corrected chi connectivity index (χ1v) is 8.58. The fraction of sp³-hybridized carbons (Fsp3) is 0.357. The number of hydrogen-bond donors (Lipinski definition) is 1. The Morgan fingerprint density at radius 1 is 1.35 bits per heavy atom. The van der Waals surface area contributed by atoms with Crippen molar-refractivity contribution in [2.75, 3.05) is 7.05 Å². The molecule has 0 bridgehead atoms. The molecule has 122 valence electrons. The number of sulfonamides is 1. The van der Waals surface area contributed by atoms with Gasteiger partial charge in [0.25, 0.3) is 0 Å². The number of carbonyl (C=O) groups excluding carboxylic acids is 1. The molecule has 0 radical (unpaired) electrons. The van der Waals surface area contributed by atoms with Gasteiger partial charge in [-0.2, -0.15) is 4.98 Å². The molecule has 1 amide bonds. The third kappa shape index (κ3) is 3.25. The monoisotopic (exact) mass is 336 g/mol. The standard InChI is InChI=1S/C14H16N4O4S/c1-18-11(7-8-13(18)19)14-16-12(17-22-14)9-15-23(20,21)10-5-3-2-4-6-10/h2-6,11,15H,7-9H2,1H3/t11-/m0/s1. The molecule has 1 atom stereocenters. The molecule has 1 saturated heterocycles. The maximum Gasteiger partial charge on any atom is 0.249 e. The predicted molar refractivity (Wildman–Crippen MR) is 79.5 cm³/mol. The van der Waals surface area contributed by atoms with Crippen LogP contribution in [-0.2, 0) is 21.4 Å². The molecular weight excluding hydrogens is 320 g/mol. The summed E-state index contributed by atoms with van der Waals surface area (Å²) in [5.74, 6) is 0.582. The van der Waals surface area contributed by atoms with E-state index in [4.69, 9.17) is 4.52 Å². The van der Waals surface area contributed by atoms with Crippen LogP contribution in [-0.4, -0.2) is 36.4 Å². The minimum atomic E-state index is -3.62. The molecule has 23 heavy (non-hydrogen) atoms. The Labute approximate surface area is 133 Å². The van der Waals surface area contributed by atoms with E-state index >= 15 is 0 Å². The Bertz CT molecular complexity index is 803. The molecule has 1 aliphatic heterocycles. The third-order valence-corrected chi connectivity index (χ3v) is 5.15. The van der Waals surface area contributed by atoms with Gasteiger partial charge in [-0.1, -0.05) is 23.4 Å². The molecule has 1 fully saturated rings. The topological polar surface area (TPSA) is 105 Å². The van der Waals surface area contributed by atoms with E-state index in [9.17, 15) is 13.2 Å². The zero-order valence-electron chi connectivity index (χ0n) is 12.5. The first-order chi connectivity index (χ1) is 11.0. The molecule has 0 aliphatic carbocycles. The first kappa shape index (κ1) is 15.6. The van der Waals surface area contributed by atoms with Crippen LogP contribution in [0.4, 0.5) is 0 Å². The van der Waals surface area contributed by atoms with Gasteiger partial charge in [-0.25, -0.2) is 13.1 Å². The lowest BCUT2D eigenvalue weighted by molar-refractivity contribution is -0.127. The fourth-order valence-corrected chi connectivity index (χ4v) is 3.41. The molecular formula is C14H16N4O4S. The number of aromatic nitrogens is 2. The lowest BCUT2D eigenvalue weighted by Crippen LogP contribution is -2.24. The predicted octanol–water partition coefficient (Wildman–Crippen LogP) is 0.841. The van der Waals surface area contributed by atoms with Crippen LogP contribution in [0.3, 0.4) is 0 Å². The van der Waals surface area contributed by atoms with E-state index in [-0.39, 0.29) is 29.2 Å². The highest BCUT2D eigenvalue weighted by atomic mass is 32.2. The van der Waals surface area contributed by atoms with Gasteiger partial charge in [0.15, 0.2) is 5.82 Å². The number of benzene rings is 1. The molecule has 1 aromatic carbocycles. The molecule has 2 heterocycles. The summed E-state index contributed by atoms with van der Waals surface area (Å²) >= 11 is 0. The van der Waals surface area contributed by atoms with Crippen LogP contribution in [0.1, 0.15) is 30.6 Å². The minimum absolute atomic E-state index is 0.0273. The highest BCUT2D eigenvalue weighted by Crippen LogP contribution is 2.29. The van der Waals surface area contributed by atoms with Crippen molar-refractivity contribution in [3.63, 3.8) is 0 Å². The first-order valence-electron chi connectivity index (χ1n) is 7.10. The molecule has 1 aliphatic rings. The quantitative estimate of drug-likeness (QED) is 0.867. The number of nitrogens with zero attached hydrogens (tertiary/aromatic N) is 3. The lowest BCUT2D eigenvalue weighted by atomic mass is 10.2. The number of hydrogen-bond acceptors (Lipinski definition) is 6. The van der Waals surface area contributed by atoms with Crippen LogP contribution < -0.4 is 4.72 Å². The summed E-state index contributed by atoms with van der Waals surface area (Å²) in [5.41, 5.74) is 0. The van der Waals surface area contributed by atoms with Gasteiger partial charge in [-0.05, 0) is 18.6 Å². The summed E-state index contributed by atoms with van der Waals surface area (Å²) in [6.07, 6.45) is 1.06. The molecule has 0 unspecified atom stereocenters. The largest absolute Gasteiger partial charge is 0.337 e. The SMILES string of the molecule is CN1C(=O)CC[C@H]1c1nc(CNS(=O)(=O)c2ccccc2)no1. The summed E-state index contributed by atoms with van der Waals surface area (Å²) in [6.45, 7) is -0.0783. The average molecular weight is 336 g/mol. The number of carbonyl (C=O) groups is 1. The van der Waals surface area contributed by atoms with Gasteiger partial charge in [-0.15, -0.1) is 0 Å². The van der Waals surface area contributed by atoms with E-state index in [1.807, 2.05) is 0 Å². The van der Waals surface area contributed by atoms with Crippen molar-refractivity contribution in [2.45, 2.75) is 30.3 Å². The molecule has 1 N–H and O–H groups in total. The summed E-state index contributed by atoms with van der Waals surface area (Å²) in [4.78, 5) is 17.4. The van der Waals surface area contributed by atoms with Gasteiger partial charge in [0.1, 0.15) is 6.04 Å². The van der Waals surface area contributed by atoms with Gasteiger partial charge in [0.2, 0.25) is 21.8 Å². The fourth-order valence-electron chi connectivity index (χ4n) is 2.41. The molecule has 9 heteroatoms. The Morgan fingerprint density at radius 3 is 2.74 bits per heavy atom. The highest BCUT2D eigenvalue weighted by Gasteiger charge is 2.33. The van der Waals surface area contributed by atoms with E-state index < -0.39 is 10.0 Å². The molecule has 8 nitrogen and oxygen atoms in total. The van der Waals surface area contributed by atoms with E-state index in [0.717, 1.165) is 0 Å². The van der Waals surface area contributed by atoms with Crippen molar-refractivity contribution in [1.29, 1.82) is 0 Å². The number of amides is 1. The van der Waals surface area contributed by atoms with Crippen LogP contribution in [0.25, 0.3) is 0 Å². The maximum atomic E-state index is 12.1. The van der Waals surface area contributed by atoms with Crippen molar-refractivity contribution in [1.82, 2.24) is 19.8 Å². The van der Waals surface area contributed by atoms with E-state index in [0.29, 0.717) is 18.7 Å². The third-order valence-electron chi connectivity index (χ3n) is 3.74. The van der Waals surface area contributed by atoms with Crippen molar-refractivity contribution >= 4 is 15.9 Å². The molecule has 2 aromatic rings. The molecule has 3 rings (SSSR count). The van der Waals surface area contributed by atoms with E-state index in [2.05, 4.69) is 14.9 Å². The average Bonchev–Trinajstić information content (AvgIpc) is 3.14. The molecule has 0 spiro atoms. The second kappa shape index (κ2) is 6.09. The number of likely N-dealkylation sites (tertiary alicyclic amines) is 1. The van der Waals surface area contributed by atoms with Crippen molar-refractivity contribution in [3.8, 4) is 0 Å². The Kier molecular flexibility index (Phi) is 4.14. The van der Waals surface area contributed by atoms with Crippen LogP contribution in [0, 0.1) is 0 Å². The van der Waals surface area contributed by atoms with Crippen molar-refractivity contribution < 1.29 is 17.7 Å². The van der Waals surface area contributed by atoms with Crippen LogP contribution in [0.15, 0.2) is 39.8 Å². The summed E-state index contributed by atoms with van der Waals surface area (Å²) in [5, 5.41) is 3.77. The van der Waals surface area contributed by atoms with Gasteiger partial charge in [0, 0.05) is 13.5 Å². The number of nitrogens with one attached hydrogen (secondary N) is 1. The second-order valence-corrected chi connectivity index (χ2v) is 7.01. The zero-order valence-corrected chi connectivity index (χ0v) is 13.3. The van der Waals surface area contributed by atoms with Crippen LogP contribution in [0.2, 0.25) is 0 Å². The normalized spacial score (nSPS) is 18.6. The van der Waals surface area contributed by atoms with E-state index in [1.54, 1.807) is 30.1 Å². The van der Waals surface area contributed by atoms with Crippen LogP contribution >= 0.6 is 0 Å². The van der Waals surface area contributed by atoms with Crippen LogP contribution in [0.5, 0.6) is 0 Å². The second-order valence-electron chi connectivity index (χ2n) is 5.25. The Balaban J connectivity index is 1.67. The lowest BCUT2D eigenvalue weighted by Gasteiger charge is -2.14. The van der Waals surface area contributed by atoms with Gasteiger partial charge >= 0.3 is 0 Å². The molecule has 0 saturated carbocycles. The Morgan fingerprint density at radius 2 is 2.09 bits per heavy atom.